The first-order valence-electron chi connectivity index (χ1n) is 4.82. The van der Waals surface area contributed by atoms with E-state index in [-0.39, 0.29) is 0 Å². The molecule has 0 aliphatic rings. The molecule has 0 saturated carbocycles. The molecule has 1 aromatic rings. The molecule has 2 N–H and O–H groups in total. The van der Waals surface area contributed by atoms with Crippen LogP contribution in [0.15, 0.2) is 18.2 Å². The maximum absolute atomic E-state index is 10.9. The number of halogens is 2. The summed E-state index contributed by atoms with van der Waals surface area (Å²) in [5.74, 6) is -1.89. The van der Waals surface area contributed by atoms with Crippen molar-refractivity contribution >= 4 is 29.2 Å². The van der Waals surface area contributed by atoms with E-state index in [0.29, 0.717) is 22.0 Å². The molecule has 0 amide bonds. The number of aliphatic hydroxyl groups is 1. The lowest BCUT2D eigenvalue weighted by Gasteiger charge is -2.18. The largest absolute Gasteiger partial charge is 0.481 e. The zero-order chi connectivity index (χ0) is 12.3. The van der Waals surface area contributed by atoms with Crippen molar-refractivity contribution in [3.05, 3.63) is 33.8 Å². The molecule has 0 radical (unpaired) electrons. The molecular formula is C11H12Cl2O3. The average Bonchev–Trinajstić information content (AvgIpc) is 2.16. The fourth-order valence-electron chi connectivity index (χ4n) is 1.51. The number of carbonyl (C=O) groups is 1. The highest BCUT2D eigenvalue weighted by Crippen LogP contribution is 2.29. The molecule has 0 fully saturated rings. The topological polar surface area (TPSA) is 57.5 Å². The maximum atomic E-state index is 10.9. The fraction of sp³-hybridized carbons (Fsp3) is 0.364. The summed E-state index contributed by atoms with van der Waals surface area (Å²) in [4.78, 5) is 10.9. The van der Waals surface area contributed by atoms with Crippen LogP contribution in [0.1, 0.15) is 25.0 Å². The van der Waals surface area contributed by atoms with Gasteiger partial charge < -0.3 is 10.2 Å². The van der Waals surface area contributed by atoms with Crippen LogP contribution in [0, 0.1) is 5.92 Å². The molecule has 0 bridgehead atoms. The molecular weight excluding hydrogens is 251 g/mol. The van der Waals surface area contributed by atoms with Crippen LogP contribution in [0.4, 0.5) is 0 Å². The molecule has 5 heteroatoms. The van der Waals surface area contributed by atoms with Gasteiger partial charge in [0.15, 0.2) is 0 Å². The third-order valence-electron chi connectivity index (χ3n) is 2.36. The zero-order valence-corrected chi connectivity index (χ0v) is 10.2. The van der Waals surface area contributed by atoms with Gasteiger partial charge in [-0.25, -0.2) is 0 Å². The molecule has 1 rings (SSSR count). The molecule has 0 aliphatic heterocycles. The highest BCUT2D eigenvalue weighted by atomic mass is 35.5. The van der Waals surface area contributed by atoms with Crippen molar-refractivity contribution in [3.63, 3.8) is 0 Å². The highest BCUT2D eigenvalue weighted by Gasteiger charge is 2.26. The Morgan fingerprint density at radius 2 is 1.81 bits per heavy atom. The van der Waals surface area contributed by atoms with Gasteiger partial charge in [-0.1, -0.05) is 30.1 Å². The predicted octanol–water partition coefficient (Wildman–Crippen LogP) is 3.14. The second kappa shape index (κ2) is 5.53. The minimum absolute atomic E-state index is 0.334. The molecule has 0 heterocycles. The van der Waals surface area contributed by atoms with Crippen molar-refractivity contribution in [2.45, 2.75) is 19.4 Å². The normalized spacial score (nSPS) is 14.5. The van der Waals surface area contributed by atoms with E-state index in [4.69, 9.17) is 28.3 Å². The quantitative estimate of drug-likeness (QED) is 0.877. The van der Waals surface area contributed by atoms with Crippen LogP contribution in [0.5, 0.6) is 0 Å². The zero-order valence-electron chi connectivity index (χ0n) is 8.65. The first-order chi connectivity index (χ1) is 7.45. The number of carboxylic acid groups (broad SMARTS) is 1. The van der Waals surface area contributed by atoms with Crippen molar-refractivity contribution in [3.8, 4) is 0 Å². The Labute approximate surface area is 104 Å². The van der Waals surface area contributed by atoms with Gasteiger partial charge in [0.1, 0.15) is 0 Å². The summed E-state index contributed by atoms with van der Waals surface area (Å²) in [5, 5.41) is 19.6. The average molecular weight is 263 g/mol. The maximum Gasteiger partial charge on any atom is 0.309 e. The Bertz CT molecular complexity index is 373. The molecule has 0 aliphatic carbocycles. The van der Waals surface area contributed by atoms with Gasteiger partial charge in [0, 0.05) is 10.0 Å². The van der Waals surface area contributed by atoms with Gasteiger partial charge in [0.2, 0.25) is 0 Å². The van der Waals surface area contributed by atoms with Gasteiger partial charge in [0.05, 0.1) is 12.0 Å². The number of benzene rings is 1. The molecule has 0 spiro atoms. The van der Waals surface area contributed by atoms with E-state index < -0.39 is 18.0 Å². The number of hydrogen-bond donors (Lipinski definition) is 2. The molecule has 3 nitrogen and oxygen atoms in total. The van der Waals surface area contributed by atoms with Gasteiger partial charge >= 0.3 is 5.97 Å². The predicted molar refractivity (Wildman–Crippen MR) is 62.8 cm³/mol. The van der Waals surface area contributed by atoms with Crippen LogP contribution >= 0.6 is 23.2 Å². The van der Waals surface area contributed by atoms with Crippen molar-refractivity contribution in [2.24, 2.45) is 5.92 Å². The SMILES string of the molecule is CCC(C(=O)O)C(O)c1cc(Cl)cc(Cl)c1. The molecule has 2 unspecified atom stereocenters. The Morgan fingerprint density at radius 1 is 1.31 bits per heavy atom. The summed E-state index contributed by atoms with van der Waals surface area (Å²) in [7, 11) is 0. The summed E-state index contributed by atoms with van der Waals surface area (Å²) >= 11 is 11.6. The van der Waals surface area contributed by atoms with Crippen LogP contribution < -0.4 is 0 Å². The van der Waals surface area contributed by atoms with Crippen LogP contribution in [-0.2, 0) is 4.79 Å². The molecule has 16 heavy (non-hydrogen) atoms. The second-order valence-electron chi connectivity index (χ2n) is 3.50. The van der Waals surface area contributed by atoms with Crippen molar-refractivity contribution in [1.29, 1.82) is 0 Å². The smallest absolute Gasteiger partial charge is 0.309 e. The summed E-state index contributed by atoms with van der Waals surface area (Å²) in [5.41, 5.74) is 0.423. The van der Waals surface area contributed by atoms with Gasteiger partial charge in [-0.05, 0) is 30.2 Å². The van der Waals surface area contributed by atoms with E-state index in [1.165, 1.54) is 18.2 Å². The lowest BCUT2D eigenvalue weighted by atomic mass is 9.94. The van der Waals surface area contributed by atoms with E-state index >= 15 is 0 Å². The molecule has 0 aromatic heterocycles. The first kappa shape index (κ1) is 13.3. The second-order valence-corrected chi connectivity index (χ2v) is 4.37. The van der Waals surface area contributed by atoms with E-state index in [2.05, 4.69) is 0 Å². The minimum atomic E-state index is -1.10. The lowest BCUT2D eigenvalue weighted by molar-refractivity contribution is -0.146. The Balaban J connectivity index is 3.02. The Hall–Kier alpha value is -0.770. The van der Waals surface area contributed by atoms with Gasteiger partial charge in [-0.3, -0.25) is 4.79 Å². The number of rotatable bonds is 4. The summed E-state index contributed by atoms with van der Waals surface area (Å²) < 4.78 is 0. The number of aliphatic hydroxyl groups excluding tert-OH is 1. The van der Waals surface area contributed by atoms with E-state index in [1.807, 2.05) is 0 Å². The molecule has 1 aromatic carbocycles. The summed E-state index contributed by atoms with van der Waals surface area (Å²) in [6, 6.07) is 4.56. The molecule has 88 valence electrons. The van der Waals surface area contributed by atoms with Gasteiger partial charge in [-0.15, -0.1) is 0 Å². The van der Waals surface area contributed by atoms with Crippen molar-refractivity contribution in [2.75, 3.05) is 0 Å². The molecule has 0 saturated heterocycles. The van der Waals surface area contributed by atoms with E-state index in [1.54, 1.807) is 6.92 Å². The fourth-order valence-corrected chi connectivity index (χ4v) is 2.05. The molecule has 2 atom stereocenters. The summed E-state index contributed by atoms with van der Waals surface area (Å²) in [6.07, 6.45) is -0.764. The van der Waals surface area contributed by atoms with Crippen LogP contribution in [0.2, 0.25) is 10.0 Å². The standard InChI is InChI=1S/C11H12Cl2O3/c1-2-9(11(15)16)10(14)6-3-7(12)5-8(13)4-6/h3-5,9-10,14H,2H2,1H3,(H,15,16). The lowest BCUT2D eigenvalue weighted by Crippen LogP contribution is -2.21. The van der Waals surface area contributed by atoms with Crippen molar-refractivity contribution in [1.82, 2.24) is 0 Å². The third kappa shape index (κ3) is 3.11. The summed E-state index contributed by atoms with van der Waals surface area (Å²) in [6.45, 7) is 1.70. The van der Waals surface area contributed by atoms with Gasteiger partial charge in [-0.2, -0.15) is 0 Å². The number of hydrogen-bond acceptors (Lipinski definition) is 2. The third-order valence-corrected chi connectivity index (χ3v) is 2.80. The number of aliphatic carboxylic acids is 1. The van der Waals surface area contributed by atoms with Crippen LogP contribution in [-0.4, -0.2) is 16.2 Å². The van der Waals surface area contributed by atoms with E-state index in [9.17, 15) is 9.90 Å². The highest BCUT2D eigenvalue weighted by molar-refractivity contribution is 6.34. The monoisotopic (exact) mass is 262 g/mol. The van der Waals surface area contributed by atoms with Crippen LogP contribution in [0.25, 0.3) is 0 Å². The number of carboxylic acids is 1. The Morgan fingerprint density at radius 3 is 2.19 bits per heavy atom. The van der Waals surface area contributed by atoms with Crippen LogP contribution in [0.3, 0.4) is 0 Å². The Kier molecular flexibility index (Phi) is 4.59. The first-order valence-corrected chi connectivity index (χ1v) is 5.58. The van der Waals surface area contributed by atoms with E-state index in [0.717, 1.165) is 0 Å². The minimum Gasteiger partial charge on any atom is -0.481 e. The van der Waals surface area contributed by atoms with Gasteiger partial charge in [0.25, 0.3) is 0 Å². The van der Waals surface area contributed by atoms with Crippen molar-refractivity contribution < 1.29 is 15.0 Å².